The van der Waals surface area contributed by atoms with E-state index in [1.54, 1.807) is 31.2 Å². The summed E-state index contributed by atoms with van der Waals surface area (Å²) >= 11 is 5.15. The highest BCUT2D eigenvalue weighted by Gasteiger charge is 2.25. The largest absolute Gasteiger partial charge is 0.462 e. The summed E-state index contributed by atoms with van der Waals surface area (Å²) in [6.07, 6.45) is 1.27. The molecular weight excluding hydrogens is 455 g/mol. The molecule has 0 unspecified atom stereocenters. The van der Waals surface area contributed by atoms with Gasteiger partial charge in [0.25, 0.3) is 0 Å². The fourth-order valence-corrected chi connectivity index (χ4v) is 2.87. The van der Waals surface area contributed by atoms with E-state index in [4.69, 9.17) is 17.0 Å². The van der Waals surface area contributed by atoms with Gasteiger partial charge < -0.3 is 15.4 Å². The zero-order chi connectivity index (χ0) is 23.4. The summed E-state index contributed by atoms with van der Waals surface area (Å²) in [5.74, 6) is -10.4. The Morgan fingerprint density at radius 1 is 0.969 bits per heavy atom. The molecule has 32 heavy (non-hydrogen) atoms. The van der Waals surface area contributed by atoms with E-state index in [9.17, 15) is 26.7 Å². The van der Waals surface area contributed by atoms with Crippen LogP contribution < -0.4 is 10.6 Å². The van der Waals surface area contributed by atoms with Gasteiger partial charge in [0.15, 0.2) is 34.2 Å². The Morgan fingerprint density at radius 3 is 2.16 bits per heavy atom. The summed E-state index contributed by atoms with van der Waals surface area (Å²) in [6.45, 7) is 1.26. The average Bonchev–Trinajstić information content (AvgIpc) is 3.21. The number of ether oxygens (including phenoxy) is 1. The van der Waals surface area contributed by atoms with E-state index >= 15 is 0 Å². The summed E-state index contributed by atoms with van der Waals surface area (Å²) in [5.41, 5.74) is -0.0991. The second kappa shape index (κ2) is 9.73. The van der Waals surface area contributed by atoms with Crippen LogP contribution in [-0.2, 0) is 11.3 Å². The van der Waals surface area contributed by atoms with Crippen LogP contribution in [0.5, 0.6) is 0 Å². The van der Waals surface area contributed by atoms with Crippen molar-refractivity contribution in [3.8, 4) is 0 Å². The van der Waals surface area contributed by atoms with Gasteiger partial charge in [0.05, 0.1) is 24.3 Å². The van der Waals surface area contributed by atoms with Gasteiger partial charge in [0.1, 0.15) is 0 Å². The van der Waals surface area contributed by atoms with Crippen molar-refractivity contribution in [3.63, 3.8) is 0 Å². The summed E-state index contributed by atoms with van der Waals surface area (Å²) < 4.78 is 73.4. The second-order valence-corrected chi connectivity index (χ2v) is 6.73. The van der Waals surface area contributed by atoms with Gasteiger partial charge in [0.2, 0.25) is 5.82 Å². The number of hydrogen-bond acceptors (Lipinski definition) is 4. The monoisotopic (exact) mass is 470 g/mol. The fourth-order valence-electron chi connectivity index (χ4n) is 2.65. The van der Waals surface area contributed by atoms with Gasteiger partial charge >= 0.3 is 5.97 Å². The van der Waals surface area contributed by atoms with Crippen LogP contribution in [0.25, 0.3) is 0 Å². The van der Waals surface area contributed by atoms with Crippen molar-refractivity contribution >= 4 is 34.8 Å². The number of nitrogens with zero attached hydrogens (tertiary/aromatic N) is 2. The summed E-state index contributed by atoms with van der Waals surface area (Å²) in [7, 11) is 0. The van der Waals surface area contributed by atoms with Gasteiger partial charge in [-0.2, -0.15) is 5.10 Å². The lowest BCUT2D eigenvalue weighted by atomic mass is 10.1. The van der Waals surface area contributed by atoms with Crippen LogP contribution in [0.4, 0.5) is 33.5 Å². The highest BCUT2D eigenvalue weighted by molar-refractivity contribution is 7.80. The first-order valence-corrected chi connectivity index (χ1v) is 9.51. The molecule has 1 heterocycles. The minimum Gasteiger partial charge on any atom is -0.462 e. The Morgan fingerprint density at radius 2 is 1.56 bits per heavy atom. The molecule has 0 aliphatic rings. The maximum absolute atomic E-state index is 13.8. The molecule has 0 radical (unpaired) electrons. The lowest BCUT2D eigenvalue weighted by Gasteiger charge is -2.10. The molecule has 0 saturated carbocycles. The number of aromatic nitrogens is 2. The second-order valence-electron chi connectivity index (χ2n) is 6.32. The summed E-state index contributed by atoms with van der Waals surface area (Å²) in [5, 5.41) is 9.62. The van der Waals surface area contributed by atoms with E-state index < -0.39 is 47.2 Å². The van der Waals surface area contributed by atoms with Crippen molar-refractivity contribution in [2.45, 2.75) is 13.5 Å². The van der Waals surface area contributed by atoms with Crippen LogP contribution in [-0.4, -0.2) is 27.5 Å². The van der Waals surface area contributed by atoms with Gasteiger partial charge in [-0.15, -0.1) is 0 Å². The lowest BCUT2D eigenvalue weighted by Crippen LogP contribution is -2.19. The molecule has 0 saturated heterocycles. The zero-order valence-electron chi connectivity index (χ0n) is 16.4. The number of rotatable bonds is 6. The molecule has 6 nitrogen and oxygen atoms in total. The molecule has 0 fully saturated rings. The maximum Gasteiger partial charge on any atom is 0.338 e. The topological polar surface area (TPSA) is 68.2 Å². The normalized spacial score (nSPS) is 10.7. The van der Waals surface area contributed by atoms with Crippen LogP contribution in [0.15, 0.2) is 36.5 Å². The smallest absolute Gasteiger partial charge is 0.338 e. The van der Waals surface area contributed by atoms with Crippen LogP contribution in [0.1, 0.15) is 22.8 Å². The van der Waals surface area contributed by atoms with E-state index in [1.165, 1.54) is 12.3 Å². The number of carbonyl (C=O) groups is 1. The highest BCUT2D eigenvalue weighted by Crippen LogP contribution is 2.24. The molecule has 3 aromatic rings. The number of anilines is 2. The zero-order valence-corrected chi connectivity index (χ0v) is 17.2. The third-order valence-corrected chi connectivity index (χ3v) is 4.36. The minimum atomic E-state index is -2.22. The fraction of sp³-hybridized carbons (Fsp3) is 0.150. The van der Waals surface area contributed by atoms with Crippen molar-refractivity contribution < 1.29 is 31.5 Å². The molecule has 0 aliphatic carbocycles. The molecule has 168 valence electrons. The number of carbonyl (C=O) groups excluding carboxylic acids is 1. The molecule has 12 heteroatoms. The third kappa shape index (κ3) is 5.02. The van der Waals surface area contributed by atoms with Crippen molar-refractivity contribution in [2.75, 3.05) is 17.2 Å². The maximum atomic E-state index is 13.8. The molecule has 2 aromatic carbocycles. The van der Waals surface area contributed by atoms with Gasteiger partial charge in [-0.3, -0.25) is 4.68 Å². The molecule has 2 N–H and O–H groups in total. The van der Waals surface area contributed by atoms with E-state index in [0.29, 0.717) is 11.3 Å². The Balaban J connectivity index is 1.65. The Labute approximate surface area is 184 Å². The minimum absolute atomic E-state index is 0.107. The molecule has 3 rings (SSSR count). The highest BCUT2D eigenvalue weighted by atomic mass is 32.1. The van der Waals surface area contributed by atoms with Crippen molar-refractivity contribution in [1.29, 1.82) is 0 Å². The van der Waals surface area contributed by atoms with E-state index in [0.717, 1.165) is 4.68 Å². The molecular formula is C20H15F5N4O2S. The molecule has 0 amide bonds. The standard InChI is InChI=1S/C20H15F5N4O2S/c1-2-31-19(30)10-3-5-11(6-4-10)26-20(32)27-13-7-8-29(28-13)9-12-14(21)16(23)18(25)17(24)15(12)22/h3-8H,2,9H2,1H3,(H2,26,27,28,32). The SMILES string of the molecule is CCOC(=O)c1ccc(NC(=S)Nc2ccn(Cc3c(F)c(F)c(F)c(F)c3F)n2)cc1. The van der Waals surface area contributed by atoms with Crippen molar-refractivity contribution in [3.05, 3.63) is 76.7 Å². The first-order chi connectivity index (χ1) is 15.2. The van der Waals surface area contributed by atoms with Gasteiger partial charge in [-0.25, -0.2) is 26.7 Å². The summed E-state index contributed by atoms with van der Waals surface area (Å²) in [6, 6.07) is 7.68. The van der Waals surface area contributed by atoms with E-state index in [-0.39, 0.29) is 17.5 Å². The number of esters is 1. The van der Waals surface area contributed by atoms with Gasteiger partial charge in [-0.1, -0.05) is 0 Å². The van der Waals surface area contributed by atoms with Crippen LogP contribution in [0.3, 0.4) is 0 Å². The number of thiocarbonyl (C=S) groups is 1. The predicted octanol–water partition coefficient (Wildman–Crippen LogP) is 4.61. The van der Waals surface area contributed by atoms with Crippen LogP contribution in [0.2, 0.25) is 0 Å². The summed E-state index contributed by atoms with van der Waals surface area (Å²) in [4.78, 5) is 11.7. The molecule has 0 aliphatic heterocycles. The van der Waals surface area contributed by atoms with Crippen molar-refractivity contribution in [1.82, 2.24) is 9.78 Å². The molecule has 0 atom stereocenters. The molecule has 0 bridgehead atoms. The third-order valence-electron chi connectivity index (χ3n) is 4.16. The number of hydrogen-bond donors (Lipinski definition) is 2. The van der Waals surface area contributed by atoms with E-state index in [2.05, 4.69) is 15.7 Å². The number of halogens is 5. The first kappa shape index (κ1) is 23.1. The lowest BCUT2D eigenvalue weighted by molar-refractivity contribution is 0.0526. The number of benzene rings is 2. The average molecular weight is 470 g/mol. The number of nitrogens with one attached hydrogen (secondary N) is 2. The Kier molecular flexibility index (Phi) is 7.03. The van der Waals surface area contributed by atoms with Crippen LogP contribution >= 0.6 is 12.2 Å². The molecule has 0 spiro atoms. The Bertz CT molecular complexity index is 1140. The first-order valence-electron chi connectivity index (χ1n) is 9.10. The van der Waals surface area contributed by atoms with Crippen LogP contribution in [0, 0.1) is 29.1 Å². The molecule has 1 aromatic heterocycles. The van der Waals surface area contributed by atoms with Gasteiger partial charge in [-0.05, 0) is 43.4 Å². The van der Waals surface area contributed by atoms with E-state index in [1.807, 2.05) is 0 Å². The predicted molar refractivity (Wildman–Crippen MR) is 110 cm³/mol. The quantitative estimate of drug-likeness (QED) is 0.180. The van der Waals surface area contributed by atoms with Crippen molar-refractivity contribution in [2.24, 2.45) is 0 Å². The van der Waals surface area contributed by atoms with Gasteiger partial charge in [0, 0.05) is 18.0 Å². The Hall–Kier alpha value is -3.54.